The fourth-order valence-corrected chi connectivity index (χ4v) is 3.99. The number of hydrogen-bond donors (Lipinski definition) is 3. The maximum atomic E-state index is 14.6. The molecule has 1 atom stereocenters. The van der Waals surface area contributed by atoms with E-state index in [4.69, 9.17) is 5.73 Å². The lowest BCUT2D eigenvalue weighted by molar-refractivity contribution is -0.119. The third kappa shape index (κ3) is 5.40. The van der Waals surface area contributed by atoms with Crippen LogP contribution in [0.1, 0.15) is 36.4 Å². The minimum absolute atomic E-state index is 0.00702. The Kier molecular flexibility index (Phi) is 7.18. The van der Waals surface area contributed by atoms with E-state index < -0.39 is 23.6 Å². The van der Waals surface area contributed by atoms with Gasteiger partial charge in [0, 0.05) is 48.2 Å². The van der Waals surface area contributed by atoms with Crippen molar-refractivity contribution >= 4 is 28.9 Å². The zero-order chi connectivity index (χ0) is 24.1. The van der Waals surface area contributed by atoms with Gasteiger partial charge in [-0.05, 0) is 60.9 Å². The quantitative estimate of drug-likeness (QED) is 0.472. The average molecular weight is 465 g/mol. The first-order chi connectivity index (χ1) is 16.4. The number of nitrogens with zero attached hydrogens (tertiary/aromatic N) is 1. The van der Waals surface area contributed by atoms with Gasteiger partial charge in [0.1, 0.15) is 17.7 Å². The Morgan fingerprint density at radius 3 is 2.50 bits per heavy atom. The molecule has 4 rings (SSSR count). The first-order valence-corrected chi connectivity index (χ1v) is 11.2. The number of halogens is 2. The van der Waals surface area contributed by atoms with Gasteiger partial charge in [-0.3, -0.25) is 9.59 Å². The number of nitrogens with two attached hydrogens (primary N) is 1. The van der Waals surface area contributed by atoms with Crippen LogP contribution < -0.4 is 21.3 Å². The average Bonchev–Trinajstić information content (AvgIpc) is 2.84. The molecule has 1 aliphatic heterocycles. The number of carbonyl (C=O) groups is 2. The predicted molar refractivity (Wildman–Crippen MR) is 128 cm³/mol. The molecule has 176 valence electrons. The van der Waals surface area contributed by atoms with Crippen LogP contribution in [0.15, 0.2) is 66.7 Å². The molecule has 2 amide bonds. The third-order valence-corrected chi connectivity index (χ3v) is 5.78. The van der Waals surface area contributed by atoms with Crippen molar-refractivity contribution in [2.75, 3.05) is 22.1 Å². The highest BCUT2D eigenvalue weighted by atomic mass is 19.1. The SMILES string of the molecule is NCc1cccc(N[C@@H](C(=O)Nc2ccc(N3CCCCC3=O)cc2)c2ccc(F)cc2F)c1. The molecule has 0 aliphatic carbocycles. The normalized spacial score (nSPS) is 14.6. The van der Waals surface area contributed by atoms with Gasteiger partial charge in [-0.15, -0.1) is 0 Å². The van der Waals surface area contributed by atoms with E-state index >= 15 is 0 Å². The number of hydrogen-bond acceptors (Lipinski definition) is 4. The zero-order valence-electron chi connectivity index (χ0n) is 18.6. The van der Waals surface area contributed by atoms with Crippen LogP contribution in [0.4, 0.5) is 25.8 Å². The number of anilines is 3. The molecule has 4 N–H and O–H groups in total. The predicted octanol–water partition coefficient (Wildman–Crippen LogP) is 4.73. The number of benzene rings is 3. The molecule has 0 unspecified atom stereocenters. The number of amides is 2. The highest BCUT2D eigenvalue weighted by Crippen LogP contribution is 2.27. The molecule has 0 aromatic heterocycles. The first-order valence-electron chi connectivity index (χ1n) is 11.2. The molecule has 0 spiro atoms. The molecule has 1 saturated heterocycles. The summed E-state index contributed by atoms with van der Waals surface area (Å²) in [5, 5.41) is 5.82. The summed E-state index contributed by atoms with van der Waals surface area (Å²) in [5.41, 5.74) is 8.38. The van der Waals surface area contributed by atoms with Gasteiger partial charge in [0.25, 0.3) is 5.91 Å². The Hall–Kier alpha value is -3.78. The first kappa shape index (κ1) is 23.4. The van der Waals surface area contributed by atoms with E-state index in [0.717, 1.165) is 36.2 Å². The number of nitrogens with one attached hydrogen (secondary N) is 2. The Labute approximate surface area is 196 Å². The molecule has 1 heterocycles. The molecule has 1 aliphatic rings. The van der Waals surface area contributed by atoms with E-state index in [-0.39, 0.29) is 11.5 Å². The summed E-state index contributed by atoms with van der Waals surface area (Å²) < 4.78 is 28.1. The van der Waals surface area contributed by atoms with Crippen LogP contribution in [-0.4, -0.2) is 18.4 Å². The molecule has 0 saturated carbocycles. The molecule has 0 bridgehead atoms. The van der Waals surface area contributed by atoms with E-state index in [9.17, 15) is 18.4 Å². The van der Waals surface area contributed by atoms with Gasteiger partial charge in [-0.1, -0.05) is 18.2 Å². The van der Waals surface area contributed by atoms with Crippen molar-refractivity contribution in [1.29, 1.82) is 0 Å². The van der Waals surface area contributed by atoms with Crippen LogP contribution in [0.2, 0.25) is 0 Å². The van der Waals surface area contributed by atoms with E-state index in [0.29, 0.717) is 30.9 Å². The standard InChI is InChI=1S/C26H26F2N4O2/c27-18-7-12-22(23(28)15-18)25(30-20-5-3-4-17(14-20)16-29)26(34)31-19-8-10-21(11-9-19)32-13-2-1-6-24(32)33/h3-5,7-12,14-15,25,30H,1-2,6,13,16,29H2,(H,31,34)/t25-/m1/s1. The molecule has 6 nitrogen and oxygen atoms in total. The largest absolute Gasteiger partial charge is 0.370 e. The van der Waals surface area contributed by atoms with Crippen molar-refractivity contribution in [2.45, 2.75) is 31.8 Å². The van der Waals surface area contributed by atoms with Crippen LogP contribution in [0.25, 0.3) is 0 Å². The van der Waals surface area contributed by atoms with Gasteiger partial charge >= 0.3 is 0 Å². The summed E-state index contributed by atoms with van der Waals surface area (Å²) >= 11 is 0. The van der Waals surface area contributed by atoms with Crippen LogP contribution in [0, 0.1) is 11.6 Å². The molecule has 34 heavy (non-hydrogen) atoms. The van der Waals surface area contributed by atoms with Crippen molar-refractivity contribution in [1.82, 2.24) is 0 Å². The van der Waals surface area contributed by atoms with E-state index in [1.54, 1.807) is 47.4 Å². The molecule has 3 aromatic carbocycles. The Morgan fingerprint density at radius 1 is 1.00 bits per heavy atom. The molecular weight excluding hydrogens is 438 g/mol. The second-order valence-electron chi connectivity index (χ2n) is 8.19. The monoisotopic (exact) mass is 464 g/mol. The number of rotatable bonds is 7. The maximum Gasteiger partial charge on any atom is 0.251 e. The summed E-state index contributed by atoms with van der Waals surface area (Å²) in [6, 6.07) is 16.0. The van der Waals surface area contributed by atoms with Crippen molar-refractivity contribution in [3.05, 3.63) is 89.5 Å². The van der Waals surface area contributed by atoms with Gasteiger partial charge in [0.15, 0.2) is 0 Å². The molecule has 3 aromatic rings. The number of carbonyl (C=O) groups excluding carboxylic acids is 2. The minimum atomic E-state index is -1.13. The maximum absolute atomic E-state index is 14.6. The summed E-state index contributed by atoms with van der Waals surface area (Å²) in [6.45, 7) is 0.978. The molecule has 8 heteroatoms. The summed E-state index contributed by atoms with van der Waals surface area (Å²) in [7, 11) is 0. The van der Waals surface area contributed by atoms with Crippen molar-refractivity contribution in [3.63, 3.8) is 0 Å². The lowest BCUT2D eigenvalue weighted by Crippen LogP contribution is -2.35. The van der Waals surface area contributed by atoms with Gasteiger partial charge in [0.05, 0.1) is 0 Å². The highest BCUT2D eigenvalue weighted by molar-refractivity contribution is 5.98. The second-order valence-corrected chi connectivity index (χ2v) is 8.19. The van der Waals surface area contributed by atoms with Crippen LogP contribution in [0.3, 0.4) is 0 Å². The minimum Gasteiger partial charge on any atom is -0.370 e. The summed E-state index contributed by atoms with van der Waals surface area (Å²) in [4.78, 5) is 27.1. The molecular formula is C26H26F2N4O2. The number of piperidine rings is 1. The molecule has 1 fully saturated rings. The van der Waals surface area contributed by atoms with E-state index in [1.807, 2.05) is 6.07 Å². The summed E-state index contributed by atoms with van der Waals surface area (Å²) in [6.07, 6.45) is 2.37. The van der Waals surface area contributed by atoms with E-state index in [1.165, 1.54) is 6.07 Å². The Balaban J connectivity index is 1.56. The van der Waals surface area contributed by atoms with Crippen LogP contribution >= 0.6 is 0 Å². The van der Waals surface area contributed by atoms with Crippen molar-refractivity contribution in [3.8, 4) is 0 Å². The van der Waals surface area contributed by atoms with Crippen LogP contribution in [-0.2, 0) is 16.1 Å². The fraction of sp³-hybridized carbons (Fsp3) is 0.231. The van der Waals surface area contributed by atoms with Gasteiger partial charge in [-0.2, -0.15) is 0 Å². The third-order valence-electron chi connectivity index (χ3n) is 5.78. The fourth-order valence-electron chi connectivity index (χ4n) is 3.99. The second kappa shape index (κ2) is 10.4. The topological polar surface area (TPSA) is 87.5 Å². The molecule has 0 radical (unpaired) electrons. The van der Waals surface area contributed by atoms with Gasteiger partial charge in [0.2, 0.25) is 5.91 Å². The zero-order valence-corrected chi connectivity index (χ0v) is 18.6. The van der Waals surface area contributed by atoms with E-state index in [2.05, 4.69) is 10.6 Å². The highest BCUT2D eigenvalue weighted by Gasteiger charge is 2.25. The lowest BCUT2D eigenvalue weighted by Gasteiger charge is -2.27. The van der Waals surface area contributed by atoms with Gasteiger partial charge in [-0.25, -0.2) is 8.78 Å². The Bertz CT molecular complexity index is 1180. The van der Waals surface area contributed by atoms with Crippen molar-refractivity contribution < 1.29 is 18.4 Å². The van der Waals surface area contributed by atoms with Gasteiger partial charge < -0.3 is 21.3 Å². The van der Waals surface area contributed by atoms with Crippen LogP contribution in [0.5, 0.6) is 0 Å². The lowest BCUT2D eigenvalue weighted by atomic mass is 10.0. The van der Waals surface area contributed by atoms with Crippen molar-refractivity contribution in [2.24, 2.45) is 5.73 Å². The summed E-state index contributed by atoms with van der Waals surface area (Å²) in [5.74, 6) is -2.00. The Morgan fingerprint density at radius 2 is 1.79 bits per heavy atom. The smallest absolute Gasteiger partial charge is 0.251 e.